The Hall–Kier alpha value is -1.01. The monoisotopic (exact) mass is 209 g/mol. The maximum atomic E-state index is 11.4. The Bertz CT molecular complexity index is 272. The maximum Gasteiger partial charge on any atom is 0.227 e. The smallest absolute Gasteiger partial charge is 0.227 e. The van der Waals surface area contributed by atoms with Gasteiger partial charge < -0.3 is 5.32 Å². The standard InChI is InChI=1S/C13H23NO/c1-6-7-8-10(2)9-11(3)12(4)13(15)14-5/h12H,6-8H2,1-5H3,(H,14,15). The zero-order valence-electron chi connectivity index (χ0n) is 10.6. The third kappa shape index (κ3) is 5.44. The highest BCUT2D eigenvalue weighted by Crippen LogP contribution is 2.11. The van der Waals surface area contributed by atoms with Gasteiger partial charge in [0.05, 0.1) is 5.92 Å². The Balaban J connectivity index is 4.57. The normalized spacial score (nSPS) is 11.5. The fourth-order valence-electron chi connectivity index (χ4n) is 1.36. The van der Waals surface area contributed by atoms with Gasteiger partial charge in [0.25, 0.3) is 0 Å². The first-order valence-corrected chi connectivity index (χ1v) is 5.67. The van der Waals surface area contributed by atoms with Gasteiger partial charge in [-0.2, -0.15) is 0 Å². The van der Waals surface area contributed by atoms with Crippen LogP contribution in [0.4, 0.5) is 0 Å². The van der Waals surface area contributed by atoms with E-state index in [1.54, 1.807) is 7.05 Å². The van der Waals surface area contributed by atoms with Gasteiger partial charge in [0, 0.05) is 7.05 Å². The van der Waals surface area contributed by atoms with Gasteiger partial charge in [0.1, 0.15) is 0 Å². The van der Waals surface area contributed by atoms with Crippen molar-refractivity contribution in [1.82, 2.24) is 5.32 Å². The molecule has 0 radical (unpaired) electrons. The van der Waals surface area contributed by atoms with Crippen LogP contribution < -0.4 is 5.32 Å². The Kier molecular flexibility index (Phi) is 6.81. The number of amides is 1. The van der Waals surface area contributed by atoms with E-state index in [-0.39, 0.29) is 11.8 Å². The number of carbonyl (C=O) groups is 1. The van der Waals surface area contributed by atoms with Crippen molar-refractivity contribution in [2.75, 3.05) is 7.05 Å². The van der Waals surface area contributed by atoms with E-state index in [1.165, 1.54) is 18.4 Å². The highest BCUT2D eigenvalue weighted by atomic mass is 16.1. The van der Waals surface area contributed by atoms with Crippen LogP contribution in [0.2, 0.25) is 0 Å². The summed E-state index contributed by atoms with van der Waals surface area (Å²) in [7, 11) is 1.67. The van der Waals surface area contributed by atoms with Crippen LogP contribution in [0.25, 0.3) is 0 Å². The predicted octanol–water partition coefficient (Wildman–Crippen LogP) is 3.05. The van der Waals surface area contributed by atoms with Crippen molar-refractivity contribution in [2.24, 2.45) is 5.92 Å². The molecule has 0 saturated carbocycles. The Morgan fingerprint density at radius 2 is 2.00 bits per heavy atom. The van der Waals surface area contributed by atoms with Gasteiger partial charge in [-0.05, 0) is 44.8 Å². The molecule has 0 rings (SSSR count). The van der Waals surface area contributed by atoms with Gasteiger partial charge in [-0.15, -0.1) is 5.73 Å². The number of hydrogen-bond donors (Lipinski definition) is 1. The lowest BCUT2D eigenvalue weighted by molar-refractivity contribution is -0.122. The zero-order chi connectivity index (χ0) is 11.8. The van der Waals surface area contributed by atoms with Gasteiger partial charge in [0.15, 0.2) is 0 Å². The van der Waals surface area contributed by atoms with Crippen LogP contribution in [0.15, 0.2) is 16.9 Å². The molecule has 15 heavy (non-hydrogen) atoms. The van der Waals surface area contributed by atoms with E-state index in [0.29, 0.717) is 0 Å². The first-order chi connectivity index (χ1) is 7.02. The van der Waals surface area contributed by atoms with E-state index in [9.17, 15) is 4.79 Å². The van der Waals surface area contributed by atoms with Gasteiger partial charge in [-0.25, -0.2) is 0 Å². The molecule has 1 amide bonds. The highest BCUT2D eigenvalue weighted by molar-refractivity contribution is 5.80. The molecule has 0 heterocycles. The van der Waals surface area contributed by atoms with Crippen LogP contribution in [0.5, 0.6) is 0 Å². The third-order valence-corrected chi connectivity index (χ3v) is 2.61. The Labute approximate surface area is 93.5 Å². The summed E-state index contributed by atoms with van der Waals surface area (Å²) >= 11 is 0. The van der Waals surface area contributed by atoms with Gasteiger partial charge in [0.2, 0.25) is 5.91 Å². The van der Waals surface area contributed by atoms with E-state index in [2.05, 4.69) is 24.9 Å². The summed E-state index contributed by atoms with van der Waals surface area (Å²) < 4.78 is 0. The first kappa shape index (κ1) is 14.0. The van der Waals surface area contributed by atoms with E-state index < -0.39 is 0 Å². The molecule has 2 heteroatoms. The molecule has 0 aromatic carbocycles. The third-order valence-electron chi connectivity index (χ3n) is 2.61. The minimum absolute atomic E-state index is 0.0586. The molecule has 0 aliphatic rings. The van der Waals surface area contributed by atoms with Crippen molar-refractivity contribution in [3.63, 3.8) is 0 Å². The molecule has 0 aliphatic carbocycles. The van der Waals surface area contributed by atoms with E-state index in [1.807, 2.05) is 13.8 Å². The Morgan fingerprint density at radius 1 is 1.40 bits per heavy atom. The van der Waals surface area contributed by atoms with Crippen LogP contribution >= 0.6 is 0 Å². The summed E-state index contributed by atoms with van der Waals surface area (Å²) in [6.45, 7) is 8.14. The summed E-state index contributed by atoms with van der Waals surface area (Å²) in [5.41, 5.74) is 5.56. The minimum Gasteiger partial charge on any atom is -0.359 e. The molecule has 0 fully saturated rings. The van der Waals surface area contributed by atoms with Crippen molar-refractivity contribution in [3.05, 3.63) is 16.9 Å². The van der Waals surface area contributed by atoms with Crippen molar-refractivity contribution in [1.29, 1.82) is 0 Å². The molecule has 1 N–H and O–H groups in total. The number of unbranched alkanes of at least 4 members (excludes halogenated alkanes) is 1. The summed E-state index contributed by atoms with van der Waals surface area (Å²) in [6.07, 6.45) is 3.47. The van der Waals surface area contributed by atoms with E-state index in [0.717, 1.165) is 12.0 Å². The highest BCUT2D eigenvalue weighted by Gasteiger charge is 2.11. The molecule has 1 atom stereocenters. The molecule has 0 aliphatic heterocycles. The largest absolute Gasteiger partial charge is 0.359 e. The second kappa shape index (κ2) is 7.30. The molecule has 86 valence electrons. The Morgan fingerprint density at radius 3 is 2.47 bits per heavy atom. The van der Waals surface area contributed by atoms with Crippen LogP contribution in [0.3, 0.4) is 0 Å². The number of rotatable bonds is 5. The number of nitrogens with one attached hydrogen (secondary N) is 1. The van der Waals surface area contributed by atoms with Crippen molar-refractivity contribution >= 4 is 5.91 Å². The summed E-state index contributed by atoms with van der Waals surface area (Å²) in [5, 5.41) is 2.65. The molecule has 0 saturated heterocycles. The molecule has 0 aromatic heterocycles. The summed E-state index contributed by atoms with van der Waals surface area (Å²) in [6, 6.07) is 0. The maximum absolute atomic E-state index is 11.4. The number of hydrogen-bond acceptors (Lipinski definition) is 1. The lowest BCUT2D eigenvalue weighted by Gasteiger charge is -2.08. The van der Waals surface area contributed by atoms with Crippen LogP contribution in [0.1, 0.15) is 47.0 Å². The molecule has 0 spiro atoms. The summed E-state index contributed by atoms with van der Waals surface area (Å²) in [5.74, 6) is -0.0186. The SMILES string of the molecule is CCCCC(C)=C=C(C)C(C)C(=O)NC. The lowest BCUT2D eigenvalue weighted by atomic mass is 10.0. The minimum atomic E-state index is -0.0772. The fourth-order valence-corrected chi connectivity index (χ4v) is 1.36. The molecular weight excluding hydrogens is 186 g/mol. The molecule has 0 bridgehead atoms. The topological polar surface area (TPSA) is 29.1 Å². The molecular formula is C13H23NO. The van der Waals surface area contributed by atoms with Crippen LogP contribution in [-0.2, 0) is 4.79 Å². The van der Waals surface area contributed by atoms with E-state index >= 15 is 0 Å². The van der Waals surface area contributed by atoms with Gasteiger partial charge in [-0.3, -0.25) is 4.79 Å². The van der Waals surface area contributed by atoms with Gasteiger partial charge >= 0.3 is 0 Å². The van der Waals surface area contributed by atoms with Crippen molar-refractivity contribution in [2.45, 2.75) is 47.0 Å². The quantitative estimate of drug-likeness (QED) is 0.693. The molecule has 2 nitrogen and oxygen atoms in total. The fraction of sp³-hybridized carbons (Fsp3) is 0.692. The predicted molar refractivity (Wildman–Crippen MR) is 64.6 cm³/mol. The lowest BCUT2D eigenvalue weighted by Crippen LogP contribution is -2.25. The van der Waals surface area contributed by atoms with E-state index in [4.69, 9.17) is 0 Å². The van der Waals surface area contributed by atoms with Crippen LogP contribution in [-0.4, -0.2) is 13.0 Å². The molecule has 0 aromatic rings. The number of carbonyl (C=O) groups excluding carboxylic acids is 1. The zero-order valence-corrected chi connectivity index (χ0v) is 10.6. The second-order valence-electron chi connectivity index (χ2n) is 4.03. The first-order valence-electron chi connectivity index (χ1n) is 5.67. The van der Waals surface area contributed by atoms with Gasteiger partial charge in [-0.1, -0.05) is 13.3 Å². The van der Waals surface area contributed by atoms with Crippen LogP contribution in [0, 0.1) is 5.92 Å². The summed E-state index contributed by atoms with van der Waals surface area (Å²) in [4.78, 5) is 11.4. The second-order valence-corrected chi connectivity index (χ2v) is 4.03. The van der Waals surface area contributed by atoms with Crippen molar-refractivity contribution < 1.29 is 4.79 Å². The molecule has 1 unspecified atom stereocenters. The average Bonchev–Trinajstić information content (AvgIpc) is 2.23. The average molecular weight is 209 g/mol. The van der Waals surface area contributed by atoms with Crippen molar-refractivity contribution in [3.8, 4) is 0 Å².